The predicted molar refractivity (Wildman–Crippen MR) is 95.1 cm³/mol. The predicted octanol–water partition coefficient (Wildman–Crippen LogP) is 5.27. The fourth-order valence-electron chi connectivity index (χ4n) is 2.15. The van der Waals surface area contributed by atoms with Crippen LogP contribution in [0.25, 0.3) is 0 Å². The molecule has 0 aliphatic heterocycles. The summed E-state index contributed by atoms with van der Waals surface area (Å²) < 4.78 is 6.59. The van der Waals surface area contributed by atoms with Crippen molar-refractivity contribution in [1.29, 1.82) is 0 Å². The Morgan fingerprint density at radius 2 is 1.82 bits per heavy atom. The van der Waals surface area contributed by atoms with E-state index in [2.05, 4.69) is 54.0 Å². The first kappa shape index (κ1) is 19.0. The SMILES string of the molecule is CC(C)CN(CCCc1ccc(Br)cc1)C(=O)OC(C)(C)C. The Morgan fingerprint density at radius 1 is 1.23 bits per heavy atom. The van der Waals surface area contributed by atoms with Crippen molar-refractivity contribution in [3.05, 3.63) is 34.3 Å². The highest BCUT2D eigenvalue weighted by molar-refractivity contribution is 9.10. The van der Waals surface area contributed by atoms with Crippen molar-refractivity contribution in [2.24, 2.45) is 5.92 Å². The maximum Gasteiger partial charge on any atom is 0.410 e. The number of ether oxygens (including phenoxy) is 1. The summed E-state index contributed by atoms with van der Waals surface area (Å²) in [5.74, 6) is 0.431. The lowest BCUT2D eigenvalue weighted by Gasteiger charge is -2.28. The summed E-state index contributed by atoms with van der Waals surface area (Å²) in [4.78, 5) is 14.1. The van der Waals surface area contributed by atoms with E-state index in [1.54, 1.807) is 0 Å². The Hall–Kier alpha value is -1.03. The number of nitrogens with zero attached hydrogens (tertiary/aromatic N) is 1. The van der Waals surface area contributed by atoms with Gasteiger partial charge in [-0.3, -0.25) is 0 Å². The standard InChI is InChI=1S/C18H28BrNO2/c1-14(2)13-20(17(21)22-18(3,4)5)12-6-7-15-8-10-16(19)11-9-15/h8-11,14H,6-7,12-13H2,1-5H3. The topological polar surface area (TPSA) is 29.5 Å². The molecule has 0 spiro atoms. The molecule has 0 saturated heterocycles. The Balaban J connectivity index is 2.54. The fraction of sp³-hybridized carbons (Fsp3) is 0.611. The van der Waals surface area contributed by atoms with Crippen LogP contribution in [0.3, 0.4) is 0 Å². The lowest BCUT2D eigenvalue weighted by Crippen LogP contribution is -2.39. The van der Waals surface area contributed by atoms with Gasteiger partial charge in [-0.25, -0.2) is 4.79 Å². The van der Waals surface area contributed by atoms with E-state index in [-0.39, 0.29) is 6.09 Å². The van der Waals surface area contributed by atoms with E-state index in [9.17, 15) is 4.79 Å². The molecule has 0 N–H and O–H groups in total. The van der Waals surface area contributed by atoms with Crippen LogP contribution in [0.1, 0.15) is 46.6 Å². The van der Waals surface area contributed by atoms with Gasteiger partial charge in [0.25, 0.3) is 0 Å². The summed E-state index contributed by atoms with van der Waals surface area (Å²) >= 11 is 3.44. The molecule has 0 fully saturated rings. The van der Waals surface area contributed by atoms with Gasteiger partial charge in [-0.1, -0.05) is 41.9 Å². The molecule has 0 unspecified atom stereocenters. The van der Waals surface area contributed by atoms with Crippen LogP contribution in [0, 0.1) is 5.92 Å². The number of rotatable bonds is 6. The number of amides is 1. The monoisotopic (exact) mass is 369 g/mol. The van der Waals surface area contributed by atoms with Crippen molar-refractivity contribution in [2.75, 3.05) is 13.1 Å². The van der Waals surface area contributed by atoms with Crippen molar-refractivity contribution in [3.8, 4) is 0 Å². The van der Waals surface area contributed by atoms with Crippen LogP contribution in [-0.4, -0.2) is 29.7 Å². The third kappa shape index (κ3) is 7.83. The lowest BCUT2D eigenvalue weighted by molar-refractivity contribution is 0.0226. The van der Waals surface area contributed by atoms with E-state index in [0.717, 1.165) is 30.4 Å². The molecule has 0 aromatic heterocycles. The van der Waals surface area contributed by atoms with Crippen LogP contribution >= 0.6 is 15.9 Å². The van der Waals surface area contributed by atoms with Gasteiger partial charge in [-0.15, -0.1) is 0 Å². The van der Waals surface area contributed by atoms with E-state index < -0.39 is 5.60 Å². The summed E-state index contributed by atoms with van der Waals surface area (Å²) in [6.07, 6.45) is 1.69. The second-order valence-electron chi connectivity index (χ2n) is 7.05. The maximum atomic E-state index is 12.3. The van der Waals surface area contributed by atoms with Gasteiger partial charge in [0.15, 0.2) is 0 Å². The minimum Gasteiger partial charge on any atom is -0.444 e. The Kier molecular flexibility index (Phi) is 7.40. The minimum atomic E-state index is -0.446. The highest BCUT2D eigenvalue weighted by Crippen LogP contribution is 2.14. The largest absolute Gasteiger partial charge is 0.444 e. The van der Waals surface area contributed by atoms with Gasteiger partial charge in [-0.05, 0) is 57.2 Å². The molecule has 0 aliphatic rings. The number of carbonyl (C=O) groups is 1. The van der Waals surface area contributed by atoms with Gasteiger partial charge in [0.2, 0.25) is 0 Å². The summed E-state index contributed by atoms with van der Waals surface area (Å²) in [7, 11) is 0. The third-order valence-electron chi connectivity index (χ3n) is 3.04. The summed E-state index contributed by atoms with van der Waals surface area (Å²) in [5, 5.41) is 0. The Bertz CT molecular complexity index is 463. The zero-order valence-electron chi connectivity index (χ0n) is 14.4. The van der Waals surface area contributed by atoms with Crippen LogP contribution in [0.4, 0.5) is 4.79 Å². The molecule has 0 aliphatic carbocycles. The molecule has 4 heteroatoms. The number of halogens is 1. The molecule has 1 amide bonds. The summed E-state index contributed by atoms with van der Waals surface area (Å²) in [6, 6.07) is 8.33. The normalized spacial score (nSPS) is 11.6. The van der Waals surface area contributed by atoms with Crippen molar-refractivity contribution < 1.29 is 9.53 Å². The van der Waals surface area contributed by atoms with Crippen LogP contribution in [0.5, 0.6) is 0 Å². The van der Waals surface area contributed by atoms with Gasteiger partial charge in [0.05, 0.1) is 0 Å². The first-order chi connectivity index (χ1) is 10.2. The van der Waals surface area contributed by atoms with E-state index in [4.69, 9.17) is 4.74 Å². The highest BCUT2D eigenvalue weighted by Gasteiger charge is 2.22. The summed E-state index contributed by atoms with van der Waals surface area (Å²) in [6.45, 7) is 11.4. The van der Waals surface area contributed by atoms with Crippen LogP contribution in [0.2, 0.25) is 0 Å². The van der Waals surface area contributed by atoms with E-state index in [0.29, 0.717) is 5.92 Å². The number of carbonyl (C=O) groups excluding carboxylic acids is 1. The van der Waals surface area contributed by atoms with Crippen molar-refractivity contribution in [1.82, 2.24) is 4.90 Å². The van der Waals surface area contributed by atoms with Crippen LogP contribution in [-0.2, 0) is 11.2 Å². The van der Waals surface area contributed by atoms with Gasteiger partial charge in [-0.2, -0.15) is 0 Å². The molecule has 0 atom stereocenters. The molecule has 1 rings (SSSR count). The first-order valence-electron chi connectivity index (χ1n) is 7.90. The first-order valence-corrected chi connectivity index (χ1v) is 8.69. The third-order valence-corrected chi connectivity index (χ3v) is 3.57. The number of benzene rings is 1. The lowest BCUT2D eigenvalue weighted by atomic mass is 10.1. The zero-order valence-corrected chi connectivity index (χ0v) is 15.9. The Labute approximate surface area is 143 Å². The van der Waals surface area contributed by atoms with Crippen LogP contribution < -0.4 is 0 Å². The molecule has 1 aromatic rings. The van der Waals surface area contributed by atoms with E-state index in [1.807, 2.05) is 25.7 Å². The quantitative estimate of drug-likeness (QED) is 0.682. The number of hydrogen-bond acceptors (Lipinski definition) is 2. The van der Waals surface area contributed by atoms with Gasteiger partial charge in [0.1, 0.15) is 5.60 Å². The van der Waals surface area contributed by atoms with Gasteiger partial charge >= 0.3 is 6.09 Å². The van der Waals surface area contributed by atoms with E-state index >= 15 is 0 Å². The minimum absolute atomic E-state index is 0.211. The molecule has 0 heterocycles. The fourth-order valence-corrected chi connectivity index (χ4v) is 2.41. The molecule has 0 saturated carbocycles. The van der Waals surface area contributed by atoms with Crippen molar-refractivity contribution >= 4 is 22.0 Å². The molecule has 22 heavy (non-hydrogen) atoms. The van der Waals surface area contributed by atoms with Crippen molar-refractivity contribution in [3.63, 3.8) is 0 Å². The second kappa shape index (κ2) is 8.56. The molecule has 0 bridgehead atoms. The smallest absolute Gasteiger partial charge is 0.410 e. The second-order valence-corrected chi connectivity index (χ2v) is 7.97. The van der Waals surface area contributed by atoms with Crippen molar-refractivity contribution in [2.45, 2.75) is 53.1 Å². The maximum absolute atomic E-state index is 12.3. The average molecular weight is 370 g/mol. The molecule has 0 radical (unpaired) electrons. The zero-order chi connectivity index (χ0) is 16.8. The Morgan fingerprint density at radius 3 is 2.32 bits per heavy atom. The average Bonchev–Trinajstić information content (AvgIpc) is 2.37. The molecular formula is C18H28BrNO2. The van der Waals surface area contributed by atoms with E-state index in [1.165, 1.54) is 5.56 Å². The molecular weight excluding hydrogens is 342 g/mol. The highest BCUT2D eigenvalue weighted by atomic mass is 79.9. The summed E-state index contributed by atoms with van der Waals surface area (Å²) in [5.41, 5.74) is 0.842. The molecule has 1 aromatic carbocycles. The number of hydrogen-bond donors (Lipinski definition) is 0. The molecule has 124 valence electrons. The number of aryl methyl sites for hydroxylation is 1. The molecule has 3 nitrogen and oxygen atoms in total. The van der Waals surface area contributed by atoms with Gasteiger partial charge in [0, 0.05) is 17.6 Å². The van der Waals surface area contributed by atoms with Gasteiger partial charge < -0.3 is 9.64 Å². The van der Waals surface area contributed by atoms with Crippen LogP contribution in [0.15, 0.2) is 28.7 Å².